The van der Waals surface area contributed by atoms with Crippen molar-refractivity contribution in [2.24, 2.45) is 0 Å². The van der Waals surface area contributed by atoms with Gasteiger partial charge in [0.2, 0.25) is 0 Å². The fraction of sp³-hybridized carbons (Fsp3) is 0.222. The van der Waals surface area contributed by atoms with Crippen LogP contribution in [0.25, 0.3) is 0 Å². The van der Waals surface area contributed by atoms with Crippen molar-refractivity contribution in [3.8, 4) is 0 Å². The summed E-state index contributed by atoms with van der Waals surface area (Å²) in [7, 11) is 0. The van der Waals surface area contributed by atoms with Crippen LogP contribution in [0.2, 0.25) is 0 Å². The van der Waals surface area contributed by atoms with Gasteiger partial charge in [-0.2, -0.15) is 0 Å². The van der Waals surface area contributed by atoms with Crippen molar-refractivity contribution in [2.45, 2.75) is 11.8 Å². The number of thiol groups is 1. The van der Waals surface area contributed by atoms with Crippen LogP contribution in [-0.2, 0) is 0 Å². The number of amides is 1. The van der Waals surface area contributed by atoms with E-state index in [1.54, 1.807) is 31.2 Å². The first-order valence-corrected chi connectivity index (χ1v) is 4.39. The first-order valence-electron chi connectivity index (χ1n) is 3.94. The molecule has 13 heavy (non-hydrogen) atoms. The van der Waals surface area contributed by atoms with Crippen molar-refractivity contribution in [3.63, 3.8) is 0 Å². The second-order valence-corrected chi connectivity index (χ2v) is 3.06. The molecule has 0 atom stereocenters. The number of carbonyl (C=O) groups is 1. The summed E-state index contributed by atoms with van der Waals surface area (Å²) in [6.07, 6.45) is -0.936. The third kappa shape index (κ3) is 2.39. The van der Waals surface area contributed by atoms with Crippen molar-refractivity contribution in [1.29, 1.82) is 0 Å². The lowest BCUT2D eigenvalue weighted by atomic mass is 10.3. The minimum Gasteiger partial charge on any atom is -0.465 e. The van der Waals surface area contributed by atoms with Crippen LogP contribution in [0.5, 0.6) is 0 Å². The number of anilines is 1. The second-order valence-electron chi connectivity index (χ2n) is 2.54. The molecule has 1 rings (SSSR count). The van der Waals surface area contributed by atoms with E-state index >= 15 is 0 Å². The molecule has 0 unspecified atom stereocenters. The highest BCUT2D eigenvalue weighted by atomic mass is 32.1. The zero-order chi connectivity index (χ0) is 9.84. The van der Waals surface area contributed by atoms with Crippen LogP contribution in [0.15, 0.2) is 29.2 Å². The van der Waals surface area contributed by atoms with Gasteiger partial charge in [0.1, 0.15) is 0 Å². The SMILES string of the molecule is CCN(C(=O)O)c1ccc(S)cc1. The van der Waals surface area contributed by atoms with Crippen LogP contribution < -0.4 is 4.90 Å². The molecule has 0 heterocycles. The summed E-state index contributed by atoms with van der Waals surface area (Å²) in [6.45, 7) is 2.24. The molecule has 70 valence electrons. The number of rotatable bonds is 2. The van der Waals surface area contributed by atoms with Gasteiger partial charge in [-0.3, -0.25) is 4.90 Å². The van der Waals surface area contributed by atoms with Crippen LogP contribution in [0, 0.1) is 0 Å². The summed E-state index contributed by atoms with van der Waals surface area (Å²) in [5, 5.41) is 8.80. The molecule has 1 aromatic rings. The molecule has 3 nitrogen and oxygen atoms in total. The molecule has 0 saturated carbocycles. The molecule has 0 aromatic heterocycles. The van der Waals surface area contributed by atoms with E-state index in [1.807, 2.05) is 0 Å². The normalized spacial score (nSPS) is 9.69. The quantitative estimate of drug-likeness (QED) is 0.715. The van der Waals surface area contributed by atoms with E-state index in [4.69, 9.17) is 5.11 Å². The topological polar surface area (TPSA) is 40.5 Å². The van der Waals surface area contributed by atoms with Crippen LogP contribution in [0.1, 0.15) is 6.92 Å². The zero-order valence-electron chi connectivity index (χ0n) is 7.27. The van der Waals surface area contributed by atoms with Crippen LogP contribution in [0.4, 0.5) is 10.5 Å². The Morgan fingerprint density at radius 2 is 2.00 bits per heavy atom. The van der Waals surface area contributed by atoms with E-state index in [9.17, 15) is 4.79 Å². The highest BCUT2D eigenvalue weighted by Crippen LogP contribution is 2.16. The molecular weight excluding hydrogens is 186 g/mol. The van der Waals surface area contributed by atoms with Gasteiger partial charge in [0.25, 0.3) is 0 Å². The molecule has 0 aliphatic rings. The predicted octanol–water partition coefficient (Wildman–Crippen LogP) is 2.48. The zero-order valence-corrected chi connectivity index (χ0v) is 8.16. The highest BCUT2D eigenvalue weighted by molar-refractivity contribution is 7.80. The van der Waals surface area contributed by atoms with Crippen LogP contribution in [-0.4, -0.2) is 17.7 Å². The molecule has 1 aromatic carbocycles. The Hall–Kier alpha value is -1.16. The molecule has 0 saturated heterocycles. The number of benzene rings is 1. The first kappa shape index (κ1) is 9.92. The molecule has 1 N–H and O–H groups in total. The third-order valence-corrected chi connectivity index (χ3v) is 2.01. The van der Waals surface area contributed by atoms with Crippen molar-refractivity contribution in [1.82, 2.24) is 0 Å². The van der Waals surface area contributed by atoms with Crippen molar-refractivity contribution in [2.75, 3.05) is 11.4 Å². The number of hydrogen-bond acceptors (Lipinski definition) is 2. The van der Waals surface area contributed by atoms with Gasteiger partial charge in [0.15, 0.2) is 0 Å². The largest absolute Gasteiger partial charge is 0.465 e. The molecular formula is C9H11NO2S. The Bertz CT molecular complexity index is 297. The van der Waals surface area contributed by atoms with Gasteiger partial charge in [-0.05, 0) is 31.2 Å². The fourth-order valence-corrected chi connectivity index (χ4v) is 1.21. The maximum absolute atomic E-state index is 10.7. The Labute approximate surface area is 82.4 Å². The van der Waals surface area contributed by atoms with Gasteiger partial charge in [0.05, 0.1) is 0 Å². The molecule has 0 fully saturated rings. The van der Waals surface area contributed by atoms with Gasteiger partial charge in [-0.25, -0.2) is 4.79 Å². The Kier molecular flexibility index (Phi) is 3.19. The smallest absolute Gasteiger partial charge is 0.411 e. The van der Waals surface area contributed by atoms with E-state index in [2.05, 4.69) is 12.6 Å². The summed E-state index contributed by atoms with van der Waals surface area (Å²) in [4.78, 5) is 12.8. The molecule has 0 radical (unpaired) electrons. The molecule has 4 heteroatoms. The van der Waals surface area contributed by atoms with Gasteiger partial charge >= 0.3 is 6.09 Å². The summed E-state index contributed by atoms with van der Waals surface area (Å²) >= 11 is 4.12. The van der Waals surface area contributed by atoms with E-state index in [1.165, 1.54) is 4.90 Å². The van der Waals surface area contributed by atoms with Crippen molar-refractivity contribution in [3.05, 3.63) is 24.3 Å². The maximum Gasteiger partial charge on any atom is 0.411 e. The van der Waals surface area contributed by atoms with E-state index < -0.39 is 6.09 Å². The summed E-state index contributed by atoms with van der Waals surface area (Å²) < 4.78 is 0. The van der Waals surface area contributed by atoms with Gasteiger partial charge in [-0.1, -0.05) is 0 Å². The Morgan fingerprint density at radius 3 is 2.38 bits per heavy atom. The summed E-state index contributed by atoms with van der Waals surface area (Å²) in [5.41, 5.74) is 0.674. The molecule has 0 aliphatic heterocycles. The fourth-order valence-electron chi connectivity index (χ4n) is 1.06. The minimum absolute atomic E-state index is 0.446. The van der Waals surface area contributed by atoms with Crippen LogP contribution in [0.3, 0.4) is 0 Å². The number of nitrogens with zero attached hydrogens (tertiary/aromatic N) is 1. The molecule has 1 amide bonds. The second kappa shape index (κ2) is 4.18. The van der Waals surface area contributed by atoms with E-state index in [0.717, 1.165) is 4.90 Å². The lowest BCUT2D eigenvalue weighted by Gasteiger charge is -2.16. The van der Waals surface area contributed by atoms with E-state index in [0.29, 0.717) is 12.2 Å². The summed E-state index contributed by atoms with van der Waals surface area (Å²) in [5.74, 6) is 0. The molecule has 0 aliphatic carbocycles. The third-order valence-electron chi connectivity index (χ3n) is 1.71. The Balaban J connectivity index is 2.92. The van der Waals surface area contributed by atoms with E-state index in [-0.39, 0.29) is 0 Å². The molecule has 0 spiro atoms. The summed E-state index contributed by atoms with van der Waals surface area (Å²) in [6, 6.07) is 7.01. The monoisotopic (exact) mass is 197 g/mol. The minimum atomic E-state index is -0.936. The van der Waals surface area contributed by atoms with Gasteiger partial charge in [0, 0.05) is 17.1 Å². The highest BCUT2D eigenvalue weighted by Gasteiger charge is 2.10. The Morgan fingerprint density at radius 1 is 1.46 bits per heavy atom. The average Bonchev–Trinajstić information content (AvgIpc) is 2.09. The number of hydrogen-bond donors (Lipinski definition) is 2. The van der Waals surface area contributed by atoms with Gasteiger partial charge in [-0.15, -0.1) is 12.6 Å². The lowest BCUT2D eigenvalue weighted by Crippen LogP contribution is -2.28. The van der Waals surface area contributed by atoms with Crippen molar-refractivity contribution >= 4 is 24.4 Å². The first-order chi connectivity index (χ1) is 6.15. The predicted molar refractivity (Wildman–Crippen MR) is 54.7 cm³/mol. The standard InChI is InChI=1S/C9H11NO2S/c1-2-10(9(11)12)7-3-5-8(13)6-4-7/h3-6,13H,2H2,1H3,(H,11,12). The van der Waals surface area contributed by atoms with Gasteiger partial charge < -0.3 is 5.11 Å². The average molecular weight is 197 g/mol. The van der Waals surface area contributed by atoms with Crippen molar-refractivity contribution < 1.29 is 9.90 Å². The number of carboxylic acid groups (broad SMARTS) is 1. The maximum atomic E-state index is 10.7. The molecule has 0 bridgehead atoms. The van der Waals surface area contributed by atoms with Crippen LogP contribution >= 0.6 is 12.6 Å². The lowest BCUT2D eigenvalue weighted by molar-refractivity contribution is 0.202.